The minimum atomic E-state index is -0.784. The number of hydrogen-bond donors (Lipinski definition) is 3. The maximum absolute atomic E-state index is 10.4. The molecule has 3 N–H and O–H groups in total. The first-order valence-electron chi connectivity index (χ1n) is 8.76. The van der Waals surface area contributed by atoms with Crippen LogP contribution in [0.1, 0.15) is 49.5 Å². The van der Waals surface area contributed by atoms with Gasteiger partial charge in [0.05, 0.1) is 19.3 Å². The highest BCUT2D eigenvalue weighted by Gasteiger charge is 2.11. The summed E-state index contributed by atoms with van der Waals surface area (Å²) in [4.78, 5) is 0. The van der Waals surface area contributed by atoms with Crippen LogP contribution in [-0.4, -0.2) is 22.4 Å². The van der Waals surface area contributed by atoms with E-state index in [1.165, 1.54) is 0 Å². The van der Waals surface area contributed by atoms with Crippen LogP contribution in [0.25, 0.3) is 0 Å². The van der Waals surface area contributed by atoms with E-state index in [2.05, 4.69) is 5.73 Å². The van der Waals surface area contributed by atoms with Gasteiger partial charge in [0.2, 0.25) is 0 Å². The number of hydrogen-bond acceptors (Lipinski definition) is 4. The fourth-order valence-corrected chi connectivity index (χ4v) is 2.69. The molecule has 0 saturated carbocycles. The quantitative estimate of drug-likeness (QED) is 0.613. The Morgan fingerprint density at radius 2 is 1.77 bits per heavy atom. The number of phenolic OH excluding ortho intramolecular Hbond substituents is 1. The molecule has 2 aromatic carbocycles. The van der Waals surface area contributed by atoms with Crippen LogP contribution in [0.2, 0.25) is 0 Å². The Morgan fingerprint density at radius 1 is 1.08 bits per heavy atom. The third-order valence-corrected chi connectivity index (χ3v) is 4.31. The lowest BCUT2D eigenvalue weighted by molar-refractivity contribution is 0.176. The third kappa shape index (κ3) is 5.50. The van der Waals surface area contributed by atoms with E-state index >= 15 is 0 Å². The maximum atomic E-state index is 10.4. The number of aromatic hydroxyl groups is 1. The molecule has 2 rings (SSSR count). The summed E-state index contributed by atoms with van der Waals surface area (Å²) in [5.74, 6) is 0.841. The van der Waals surface area contributed by atoms with Crippen LogP contribution in [0.15, 0.2) is 65.9 Å². The van der Waals surface area contributed by atoms with Crippen LogP contribution in [-0.2, 0) is 0 Å². The molecule has 4 heteroatoms. The molecule has 0 unspecified atom stereocenters. The monoisotopic (exact) mass is 354 g/mol. The van der Waals surface area contributed by atoms with E-state index in [1.54, 1.807) is 37.5 Å². The van der Waals surface area contributed by atoms with Crippen LogP contribution in [0.3, 0.4) is 0 Å². The van der Waals surface area contributed by atoms with Crippen LogP contribution >= 0.6 is 0 Å². The van der Waals surface area contributed by atoms with Crippen molar-refractivity contribution in [2.45, 2.75) is 38.4 Å². The van der Waals surface area contributed by atoms with Crippen molar-refractivity contribution in [1.29, 1.82) is 0 Å². The van der Waals surface area contributed by atoms with Gasteiger partial charge in [-0.2, -0.15) is 0 Å². The standard InChI is InChI=1S/C22H26O4/c1-3-16(15-22(25)17-11-13-18(26-2)14-12-17)7-6-10-21(24)19-8-4-5-9-20(19)23/h4-6,8-9,11-14,21-25H,3,10,15H2,1-2H3/t7?,21-,22-/m1/s1. The second-order valence-corrected chi connectivity index (χ2v) is 6.11. The van der Waals surface area contributed by atoms with Gasteiger partial charge in [0.25, 0.3) is 0 Å². The molecule has 0 spiro atoms. The molecule has 0 aliphatic rings. The maximum Gasteiger partial charge on any atom is 0.121 e. The van der Waals surface area contributed by atoms with Crippen molar-refractivity contribution in [3.05, 3.63) is 77.0 Å². The number of aliphatic hydroxyl groups excluding tert-OH is 2. The summed E-state index contributed by atoms with van der Waals surface area (Å²) >= 11 is 0. The van der Waals surface area contributed by atoms with Gasteiger partial charge in [-0.25, -0.2) is 0 Å². The highest BCUT2D eigenvalue weighted by molar-refractivity contribution is 5.34. The lowest BCUT2D eigenvalue weighted by atomic mass is 10.00. The molecule has 0 aliphatic carbocycles. The molecule has 2 aromatic rings. The van der Waals surface area contributed by atoms with E-state index < -0.39 is 12.2 Å². The molecule has 0 radical (unpaired) electrons. The molecule has 138 valence electrons. The molecule has 0 aliphatic heterocycles. The van der Waals surface area contributed by atoms with Gasteiger partial charge >= 0.3 is 0 Å². The lowest BCUT2D eigenvalue weighted by Gasteiger charge is -2.12. The fourth-order valence-electron chi connectivity index (χ4n) is 2.69. The number of phenols is 1. The Labute approximate surface area is 154 Å². The summed E-state index contributed by atoms with van der Waals surface area (Å²) in [6.07, 6.45) is 1.95. The van der Waals surface area contributed by atoms with E-state index in [-0.39, 0.29) is 5.75 Å². The largest absolute Gasteiger partial charge is 0.508 e. The van der Waals surface area contributed by atoms with Crippen molar-refractivity contribution < 1.29 is 20.1 Å². The second kappa shape index (κ2) is 9.83. The van der Waals surface area contributed by atoms with Crippen molar-refractivity contribution >= 4 is 0 Å². The highest BCUT2D eigenvalue weighted by atomic mass is 16.5. The Morgan fingerprint density at radius 3 is 2.38 bits per heavy atom. The van der Waals surface area contributed by atoms with Gasteiger partial charge in [0, 0.05) is 18.4 Å². The Kier molecular flexibility index (Phi) is 7.49. The lowest BCUT2D eigenvalue weighted by Crippen LogP contribution is -1.99. The zero-order valence-corrected chi connectivity index (χ0v) is 15.2. The highest BCUT2D eigenvalue weighted by Crippen LogP contribution is 2.27. The van der Waals surface area contributed by atoms with Gasteiger partial charge in [0.15, 0.2) is 0 Å². The molecule has 26 heavy (non-hydrogen) atoms. The average Bonchev–Trinajstić information content (AvgIpc) is 2.67. The zero-order valence-electron chi connectivity index (χ0n) is 15.2. The second-order valence-electron chi connectivity index (χ2n) is 6.11. The number of benzene rings is 2. The van der Waals surface area contributed by atoms with Gasteiger partial charge in [-0.3, -0.25) is 0 Å². The molecule has 0 bridgehead atoms. The molecule has 0 aromatic heterocycles. The zero-order chi connectivity index (χ0) is 18.9. The number of para-hydroxylation sites is 1. The van der Waals surface area contributed by atoms with Crippen LogP contribution < -0.4 is 4.74 Å². The van der Waals surface area contributed by atoms with Crippen molar-refractivity contribution in [1.82, 2.24) is 0 Å². The van der Waals surface area contributed by atoms with E-state index in [4.69, 9.17) is 4.74 Å². The molecule has 2 atom stereocenters. The van der Waals surface area contributed by atoms with E-state index in [0.717, 1.165) is 23.3 Å². The van der Waals surface area contributed by atoms with Crippen molar-refractivity contribution in [2.75, 3.05) is 7.11 Å². The number of rotatable bonds is 8. The SMILES string of the molecule is CCC(=C=CC[C@@H](O)c1ccccc1O)C[C@@H](O)c1ccc(OC)cc1. The predicted octanol–water partition coefficient (Wildman–Crippen LogP) is 4.44. The van der Waals surface area contributed by atoms with Crippen molar-refractivity contribution in [3.63, 3.8) is 0 Å². The number of ether oxygens (including phenoxy) is 1. The molecule has 0 saturated heterocycles. The van der Waals surface area contributed by atoms with Gasteiger partial charge in [0.1, 0.15) is 11.5 Å². The summed E-state index contributed by atoms with van der Waals surface area (Å²) in [5, 5.41) is 30.4. The van der Waals surface area contributed by atoms with Gasteiger partial charge < -0.3 is 20.1 Å². The molecule has 0 amide bonds. The topological polar surface area (TPSA) is 69.9 Å². The first kappa shape index (κ1) is 19.8. The van der Waals surface area contributed by atoms with Crippen LogP contribution in [0.4, 0.5) is 0 Å². The minimum Gasteiger partial charge on any atom is -0.508 e. The summed E-state index contributed by atoms with van der Waals surface area (Å²) in [6, 6.07) is 14.1. The number of methoxy groups -OCH3 is 1. The Bertz CT molecular complexity index is 758. The summed E-state index contributed by atoms with van der Waals surface area (Å²) in [6.45, 7) is 2.01. The molecular weight excluding hydrogens is 328 g/mol. The van der Waals surface area contributed by atoms with Crippen LogP contribution in [0, 0.1) is 0 Å². The van der Waals surface area contributed by atoms with E-state index in [1.807, 2.05) is 31.2 Å². The molecule has 0 fully saturated rings. The molecule has 4 nitrogen and oxygen atoms in total. The van der Waals surface area contributed by atoms with Crippen LogP contribution in [0.5, 0.6) is 11.5 Å². The summed E-state index contributed by atoms with van der Waals surface area (Å²) in [5.41, 5.74) is 5.48. The van der Waals surface area contributed by atoms with E-state index in [0.29, 0.717) is 18.4 Å². The summed E-state index contributed by atoms with van der Waals surface area (Å²) < 4.78 is 5.13. The smallest absolute Gasteiger partial charge is 0.121 e. The first-order chi connectivity index (χ1) is 12.5. The third-order valence-electron chi connectivity index (χ3n) is 4.31. The first-order valence-corrected chi connectivity index (χ1v) is 8.76. The Hall–Kier alpha value is -2.52. The fraction of sp³-hybridized carbons (Fsp3) is 0.318. The van der Waals surface area contributed by atoms with E-state index in [9.17, 15) is 15.3 Å². The molecular formula is C22H26O4. The van der Waals surface area contributed by atoms with Gasteiger partial charge in [-0.15, -0.1) is 5.73 Å². The van der Waals surface area contributed by atoms with Gasteiger partial charge in [-0.1, -0.05) is 37.3 Å². The van der Waals surface area contributed by atoms with Gasteiger partial charge in [-0.05, 0) is 41.8 Å². The number of aliphatic hydroxyl groups is 2. The van der Waals surface area contributed by atoms with Crippen molar-refractivity contribution in [2.24, 2.45) is 0 Å². The summed E-state index contributed by atoms with van der Waals surface area (Å²) in [7, 11) is 1.61. The minimum absolute atomic E-state index is 0.0861. The average molecular weight is 354 g/mol. The predicted molar refractivity (Wildman–Crippen MR) is 102 cm³/mol. The normalized spacial score (nSPS) is 12.8. The molecule has 0 heterocycles. The van der Waals surface area contributed by atoms with Crippen molar-refractivity contribution in [3.8, 4) is 11.5 Å². The Balaban J connectivity index is 2.01.